The molecule has 0 heterocycles. The first kappa shape index (κ1) is 9.84. The Balaban J connectivity index is 3.81. The molecule has 0 atom stereocenters. The zero-order valence-electron chi connectivity index (χ0n) is 6.62. The molecule has 0 aromatic rings. The van der Waals surface area contributed by atoms with Gasteiger partial charge in [0.15, 0.2) is 0 Å². The monoisotopic (exact) mass is 157 g/mol. The molecule has 0 bridgehead atoms. The van der Waals surface area contributed by atoms with Gasteiger partial charge in [-0.05, 0) is 6.08 Å². The van der Waals surface area contributed by atoms with Crippen LogP contribution in [-0.2, 0) is 9.59 Å². The van der Waals surface area contributed by atoms with E-state index in [0.717, 1.165) is 0 Å². The van der Waals surface area contributed by atoms with Gasteiger partial charge in [0.05, 0.1) is 13.1 Å². The first-order valence-corrected chi connectivity index (χ1v) is 3.38. The number of quaternary nitrogens is 1. The molecular formula is C7H13N2O2+. The molecule has 11 heavy (non-hydrogen) atoms. The van der Waals surface area contributed by atoms with E-state index < -0.39 is 0 Å². The van der Waals surface area contributed by atoms with Crippen molar-refractivity contribution in [3.05, 3.63) is 12.2 Å². The van der Waals surface area contributed by atoms with Crippen LogP contribution < -0.4 is 5.73 Å². The quantitative estimate of drug-likeness (QED) is 0.396. The van der Waals surface area contributed by atoms with Crippen LogP contribution in [0.2, 0.25) is 0 Å². The summed E-state index contributed by atoms with van der Waals surface area (Å²) < 4.78 is 0. The number of hydrogen-bond acceptors (Lipinski definition) is 2. The molecule has 0 rings (SSSR count). The maximum Gasteiger partial charge on any atom is 0.246 e. The Morgan fingerprint density at radius 1 is 1.64 bits per heavy atom. The first-order valence-electron chi connectivity index (χ1n) is 3.38. The minimum Gasteiger partial charge on any atom is -0.356 e. The van der Waals surface area contributed by atoms with E-state index in [1.165, 1.54) is 17.1 Å². The van der Waals surface area contributed by atoms with Crippen LogP contribution in [0.4, 0.5) is 0 Å². The van der Waals surface area contributed by atoms with Gasteiger partial charge in [0.25, 0.3) is 0 Å². The van der Waals surface area contributed by atoms with Crippen LogP contribution in [0.25, 0.3) is 0 Å². The Hall–Kier alpha value is -1.16. The van der Waals surface area contributed by atoms with E-state index in [9.17, 15) is 9.59 Å². The molecule has 4 nitrogen and oxygen atoms in total. The second-order valence-electron chi connectivity index (χ2n) is 2.11. The topological polar surface area (TPSA) is 65.0 Å². The lowest BCUT2D eigenvalue weighted by Gasteiger charge is -2.11. The summed E-state index contributed by atoms with van der Waals surface area (Å²) in [6.07, 6.45) is 3.00. The zero-order chi connectivity index (χ0) is 8.69. The van der Waals surface area contributed by atoms with Crippen LogP contribution in [0, 0.1) is 0 Å². The Labute approximate surface area is 65.7 Å². The number of allylic oxidation sites excluding steroid dienone is 1. The van der Waals surface area contributed by atoms with E-state index in [1.807, 2.05) is 0 Å². The van der Waals surface area contributed by atoms with E-state index in [0.29, 0.717) is 19.4 Å². The van der Waals surface area contributed by atoms with Crippen molar-refractivity contribution in [1.29, 1.82) is 0 Å². The van der Waals surface area contributed by atoms with Crippen LogP contribution in [0.15, 0.2) is 12.2 Å². The predicted molar refractivity (Wildman–Crippen MR) is 40.6 cm³/mol. The molecule has 1 amide bonds. The molecule has 0 radical (unpaired) electrons. The molecule has 0 aromatic heterocycles. The molecule has 0 saturated heterocycles. The molecule has 0 aromatic carbocycles. The summed E-state index contributed by atoms with van der Waals surface area (Å²) in [4.78, 5) is 22.3. The van der Waals surface area contributed by atoms with Gasteiger partial charge in [-0.25, -0.2) is 0 Å². The number of aldehydes is 1. The molecule has 4 heteroatoms. The van der Waals surface area contributed by atoms with Gasteiger partial charge in [0.1, 0.15) is 6.29 Å². The van der Waals surface area contributed by atoms with Gasteiger partial charge < -0.3 is 10.6 Å². The number of hydrogen-bond donors (Lipinski definition) is 1. The number of amides is 1. The molecule has 62 valence electrons. The number of carbonyl (C=O) groups is 2. The molecule has 0 fully saturated rings. The maximum atomic E-state index is 10.9. The Morgan fingerprint density at radius 3 is 2.73 bits per heavy atom. The summed E-state index contributed by atoms with van der Waals surface area (Å²) in [5.74, 6) is -0.166. The van der Waals surface area contributed by atoms with Gasteiger partial charge in [-0.15, -0.1) is 0 Å². The van der Waals surface area contributed by atoms with Crippen molar-refractivity contribution in [3.8, 4) is 0 Å². The summed E-state index contributed by atoms with van der Waals surface area (Å²) in [5.41, 5.74) is 3.60. The number of rotatable bonds is 4. The lowest BCUT2D eigenvalue weighted by molar-refractivity contribution is -0.367. The highest BCUT2D eigenvalue weighted by Crippen LogP contribution is 1.83. The third-order valence-corrected chi connectivity index (χ3v) is 1.19. The molecule has 0 aliphatic carbocycles. The van der Waals surface area contributed by atoms with E-state index in [4.69, 9.17) is 0 Å². The van der Waals surface area contributed by atoms with Crippen LogP contribution in [0.3, 0.4) is 0 Å². The third-order valence-electron chi connectivity index (χ3n) is 1.19. The summed E-state index contributed by atoms with van der Waals surface area (Å²) in [7, 11) is 1.67. The standard InChI is InChI=1S/C7H12N2O2/c1-9(5-4-8)7(11)3-2-6-10/h2-3,6H,4-5,8H2,1H3/p+1/b3-2-. The van der Waals surface area contributed by atoms with Crippen molar-refractivity contribution in [2.75, 3.05) is 20.1 Å². The molecule has 3 N–H and O–H groups in total. The fraction of sp³-hybridized carbons (Fsp3) is 0.429. The fourth-order valence-corrected chi connectivity index (χ4v) is 0.596. The molecule has 0 unspecified atom stereocenters. The van der Waals surface area contributed by atoms with Gasteiger partial charge >= 0.3 is 0 Å². The van der Waals surface area contributed by atoms with Gasteiger partial charge in [0, 0.05) is 13.1 Å². The largest absolute Gasteiger partial charge is 0.356 e. The van der Waals surface area contributed by atoms with Gasteiger partial charge in [0.2, 0.25) is 5.91 Å². The lowest BCUT2D eigenvalue weighted by Crippen LogP contribution is -2.55. The second-order valence-corrected chi connectivity index (χ2v) is 2.11. The first-order chi connectivity index (χ1) is 5.22. The number of carbonyl (C=O) groups excluding carboxylic acids is 2. The molecule has 0 aliphatic rings. The fourth-order valence-electron chi connectivity index (χ4n) is 0.596. The zero-order valence-corrected chi connectivity index (χ0v) is 6.62. The van der Waals surface area contributed by atoms with E-state index >= 15 is 0 Å². The van der Waals surface area contributed by atoms with Gasteiger partial charge in [-0.3, -0.25) is 9.59 Å². The van der Waals surface area contributed by atoms with Crippen LogP contribution in [-0.4, -0.2) is 37.2 Å². The van der Waals surface area contributed by atoms with Crippen LogP contribution in [0.1, 0.15) is 0 Å². The SMILES string of the molecule is CN(CC[NH3+])C(=O)/C=C\C=O. The Kier molecular flexibility index (Phi) is 5.02. The smallest absolute Gasteiger partial charge is 0.246 e. The normalized spacial score (nSPS) is 10.0. The van der Waals surface area contributed by atoms with Crippen molar-refractivity contribution in [2.45, 2.75) is 0 Å². The van der Waals surface area contributed by atoms with E-state index in [-0.39, 0.29) is 5.91 Å². The minimum absolute atomic E-state index is 0.166. The second kappa shape index (κ2) is 5.61. The van der Waals surface area contributed by atoms with E-state index in [2.05, 4.69) is 5.73 Å². The Bertz CT molecular complexity index is 166. The number of nitrogens with zero attached hydrogens (tertiary/aromatic N) is 1. The van der Waals surface area contributed by atoms with Crippen LogP contribution in [0.5, 0.6) is 0 Å². The summed E-state index contributed by atoms with van der Waals surface area (Å²) in [6.45, 7) is 1.29. The number of likely N-dealkylation sites (N-methyl/N-ethyl adjacent to an activating group) is 1. The van der Waals surface area contributed by atoms with Crippen molar-refractivity contribution >= 4 is 12.2 Å². The highest BCUT2D eigenvalue weighted by atomic mass is 16.2. The molecular weight excluding hydrogens is 144 g/mol. The highest BCUT2D eigenvalue weighted by Gasteiger charge is 2.02. The highest BCUT2D eigenvalue weighted by molar-refractivity contribution is 5.90. The average Bonchev–Trinajstić information content (AvgIpc) is 2.00. The molecule has 0 saturated carbocycles. The van der Waals surface area contributed by atoms with Gasteiger partial charge in [-0.2, -0.15) is 0 Å². The molecule has 0 spiro atoms. The molecule has 0 aliphatic heterocycles. The predicted octanol–water partition coefficient (Wildman–Crippen LogP) is -1.56. The summed E-state index contributed by atoms with van der Waals surface area (Å²) in [5, 5.41) is 0. The Morgan fingerprint density at radius 2 is 2.27 bits per heavy atom. The van der Waals surface area contributed by atoms with Gasteiger partial charge in [-0.1, -0.05) is 0 Å². The lowest BCUT2D eigenvalue weighted by atomic mass is 10.4. The van der Waals surface area contributed by atoms with Crippen molar-refractivity contribution < 1.29 is 15.3 Å². The van der Waals surface area contributed by atoms with Crippen molar-refractivity contribution in [3.63, 3.8) is 0 Å². The minimum atomic E-state index is -0.166. The average molecular weight is 157 g/mol. The van der Waals surface area contributed by atoms with E-state index in [1.54, 1.807) is 7.05 Å². The summed E-state index contributed by atoms with van der Waals surface area (Å²) >= 11 is 0. The summed E-state index contributed by atoms with van der Waals surface area (Å²) in [6, 6.07) is 0. The van der Waals surface area contributed by atoms with Crippen LogP contribution >= 0.6 is 0 Å². The van der Waals surface area contributed by atoms with Crippen molar-refractivity contribution in [2.24, 2.45) is 0 Å². The maximum absolute atomic E-state index is 10.9. The van der Waals surface area contributed by atoms with Crippen molar-refractivity contribution in [1.82, 2.24) is 4.90 Å². The third kappa shape index (κ3) is 4.27.